The highest BCUT2D eigenvalue weighted by atomic mass is 16.5. The molecule has 0 aliphatic carbocycles. The van der Waals surface area contributed by atoms with Crippen molar-refractivity contribution in [2.24, 2.45) is 0 Å². The van der Waals surface area contributed by atoms with E-state index in [1.54, 1.807) is 13.3 Å². The van der Waals surface area contributed by atoms with Crippen LogP contribution in [0.15, 0.2) is 36.9 Å². The standard InChI is InChI=1S/C14H18N2O2/c1-12-10-13(4-5-14(12)17-2)18-9-3-7-16-8-6-15-11-16/h4-6,8,10-11H,3,7,9H2,1-2H3. The number of hydrogen-bond acceptors (Lipinski definition) is 3. The molecule has 0 unspecified atom stereocenters. The molecule has 0 fully saturated rings. The van der Waals surface area contributed by atoms with Crippen LogP contribution in [0.3, 0.4) is 0 Å². The molecule has 1 aromatic heterocycles. The highest BCUT2D eigenvalue weighted by molar-refractivity contribution is 5.39. The number of methoxy groups -OCH3 is 1. The maximum absolute atomic E-state index is 5.70. The molecule has 0 saturated carbocycles. The average Bonchev–Trinajstić information content (AvgIpc) is 2.88. The molecule has 0 saturated heterocycles. The number of ether oxygens (including phenoxy) is 2. The Hall–Kier alpha value is -1.97. The molecule has 0 amide bonds. The Bertz CT molecular complexity index is 481. The van der Waals surface area contributed by atoms with Gasteiger partial charge >= 0.3 is 0 Å². The second kappa shape index (κ2) is 6.10. The van der Waals surface area contributed by atoms with Crippen molar-refractivity contribution in [3.05, 3.63) is 42.5 Å². The van der Waals surface area contributed by atoms with Crippen molar-refractivity contribution < 1.29 is 9.47 Å². The van der Waals surface area contributed by atoms with Crippen molar-refractivity contribution in [2.45, 2.75) is 19.9 Å². The fourth-order valence-corrected chi connectivity index (χ4v) is 1.80. The van der Waals surface area contributed by atoms with Crippen LogP contribution < -0.4 is 9.47 Å². The fourth-order valence-electron chi connectivity index (χ4n) is 1.80. The minimum atomic E-state index is 0.698. The predicted octanol–water partition coefficient (Wildman–Crippen LogP) is 2.67. The van der Waals surface area contributed by atoms with Gasteiger partial charge in [-0.15, -0.1) is 0 Å². The van der Waals surface area contributed by atoms with Crippen LogP contribution in [0.5, 0.6) is 11.5 Å². The van der Waals surface area contributed by atoms with Crippen LogP contribution >= 0.6 is 0 Å². The van der Waals surface area contributed by atoms with Gasteiger partial charge in [0.2, 0.25) is 0 Å². The molecular weight excluding hydrogens is 228 g/mol. The average molecular weight is 246 g/mol. The van der Waals surface area contributed by atoms with Gasteiger partial charge in [0.05, 0.1) is 20.0 Å². The zero-order valence-electron chi connectivity index (χ0n) is 10.8. The molecule has 2 aromatic rings. The van der Waals surface area contributed by atoms with E-state index >= 15 is 0 Å². The summed E-state index contributed by atoms with van der Waals surface area (Å²) in [5.74, 6) is 1.78. The molecule has 18 heavy (non-hydrogen) atoms. The maximum Gasteiger partial charge on any atom is 0.122 e. The van der Waals surface area contributed by atoms with Crippen LogP contribution in [-0.2, 0) is 6.54 Å². The summed E-state index contributed by atoms with van der Waals surface area (Å²) in [7, 11) is 1.67. The minimum absolute atomic E-state index is 0.698. The Kier molecular flexibility index (Phi) is 4.23. The molecule has 0 spiro atoms. The predicted molar refractivity (Wildman–Crippen MR) is 70.1 cm³/mol. The van der Waals surface area contributed by atoms with Gasteiger partial charge in [-0.3, -0.25) is 0 Å². The van der Waals surface area contributed by atoms with Crippen LogP contribution in [0.1, 0.15) is 12.0 Å². The number of aryl methyl sites for hydroxylation is 2. The number of benzene rings is 1. The van der Waals surface area contributed by atoms with E-state index in [4.69, 9.17) is 9.47 Å². The molecule has 0 aliphatic heterocycles. The van der Waals surface area contributed by atoms with Crippen LogP contribution in [0.25, 0.3) is 0 Å². The van der Waals surface area contributed by atoms with Crippen LogP contribution in [0.2, 0.25) is 0 Å². The van der Waals surface area contributed by atoms with Gasteiger partial charge in [0.25, 0.3) is 0 Å². The summed E-state index contributed by atoms with van der Waals surface area (Å²) in [6.07, 6.45) is 6.52. The van der Waals surface area contributed by atoms with Crippen LogP contribution in [-0.4, -0.2) is 23.3 Å². The largest absolute Gasteiger partial charge is 0.496 e. The molecule has 0 bridgehead atoms. The lowest BCUT2D eigenvalue weighted by atomic mass is 10.2. The van der Waals surface area contributed by atoms with Gasteiger partial charge in [0.1, 0.15) is 11.5 Å². The smallest absolute Gasteiger partial charge is 0.122 e. The summed E-state index contributed by atoms with van der Waals surface area (Å²) < 4.78 is 12.9. The topological polar surface area (TPSA) is 36.3 Å². The van der Waals surface area contributed by atoms with Gasteiger partial charge in [-0.25, -0.2) is 4.98 Å². The summed E-state index contributed by atoms with van der Waals surface area (Å²) in [6.45, 7) is 3.64. The quantitative estimate of drug-likeness (QED) is 0.735. The molecule has 0 aliphatic rings. The summed E-state index contributed by atoms with van der Waals surface area (Å²) in [6, 6.07) is 5.86. The van der Waals surface area contributed by atoms with E-state index in [1.807, 2.05) is 42.2 Å². The molecular formula is C14H18N2O2. The second-order valence-electron chi connectivity index (χ2n) is 4.13. The van der Waals surface area contributed by atoms with E-state index in [0.717, 1.165) is 30.0 Å². The van der Waals surface area contributed by atoms with Gasteiger partial charge in [0.15, 0.2) is 0 Å². The van der Waals surface area contributed by atoms with Crippen molar-refractivity contribution in [3.8, 4) is 11.5 Å². The van der Waals surface area contributed by atoms with Crippen molar-refractivity contribution in [3.63, 3.8) is 0 Å². The lowest BCUT2D eigenvalue weighted by Crippen LogP contribution is -2.03. The lowest BCUT2D eigenvalue weighted by molar-refractivity contribution is 0.301. The van der Waals surface area contributed by atoms with Gasteiger partial charge < -0.3 is 14.0 Å². The van der Waals surface area contributed by atoms with Crippen molar-refractivity contribution in [1.82, 2.24) is 9.55 Å². The molecule has 1 aromatic carbocycles. The molecule has 0 N–H and O–H groups in total. The van der Waals surface area contributed by atoms with E-state index in [2.05, 4.69) is 4.98 Å². The Balaban J connectivity index is 1.78. The third-order valence-electron chi connectivity index (χ3n) is 2.75. The Labute approximate surface area is 107 Å². The number of imidazole rings is 1. The highest BCUT2D eigenvalue weighted by Gasteiger charge is 2.00. The van der Waals surface area contributed by atoms with Gasteiger partial charge in [-0.1, -0.05) is 0 Å². The highest BCUT2D eigenvalue weighted by Crippen LogP contribution is 2.22. The SMILES string of the molecule is COc1ccc(OCCCn2ccnc2)cc1C. The van der Waals surface area contributed by atoms with E-state index in [1.165, 1.54) is 0 Å². The van der Waals surface area contributed by atoms with E-state index < -0.39 is 0 Å². The van der Waals surface area contributed by atoms with Gasteiger partial charge in [-0.05, 0) is 37.1 Å². The number of rotatable bonds is 6. The fraction of sp³-hybridized carbons (Fsp3) is 0.357. The third-order valence-corrected chi connectivity index (χ3v) is 2.75. The zero-order chi connectivity index (χ0) is 12.8. The van der Waals surface area contributed by atoms with Crippen molar-refractivity contribution >= 4 is 0 Å². The maximum atomic E-state index is 5.70. The minimum Gasteiger partial charge on any atom is -0.496 e. The Morgan fingerprint density at radius 3 is 2.89 bits per heavy atom. The molecule has 4 nitrogen and oxygen atoms in total. The summed E-state index contributed by atoms with van der Waals surface area (Å²) >= 11 is 0. The number of aromatic nitrogens is 2. The summed E-state index contributed by atoms with van der Waals surface area (Å²) in [5.41, 5.74) is 1.09. The summed E-state index contributed by atoms with van der Waals surface area (Å²) in [4.78, 5) is 4.00. The van der Waals surface area contributed by atoms with E-state index in [0.29, 0.717) is 6.61 Å². The number of nitrogens with zero attached hydrogens (tertiary/aromatic N) is 2. The molecule has 1 heterocycles. The summed E-state index contributed by atoms with van der Waals surface area (Å²) in [5, 5.41) is 0. The first-order valence-electron chi connectivity index (χ1n) is 6.03. The zero-order valence-corrected chi connectivity index (χ0v) is 10.8. The Morgan fingerprint density at radius 1 is 1.33 bits per heavy atom. The van der Waals surface area contributed by atoms with Crippen LogP contribution in [0.4, 0.5) is 0 Å². The monoisotopic (exact) mass is 246 g/mol. The van der Waals surface area contributed by atoms with Gasteiger partial charge in [-0.2, -0.15) is 0 Å². The molecule has 96 valence electrons. The normalized spacial score (nSPS) is 10.3. The third kappa shape index (κ3) is 3.26. The lowest BCUT2D eigenvalue weighted by Gasteiger charge is -2.09. The van der Waals surface area contributed by atoms with Gasteiger partial charge in [0, 0.05) is 18.9 Å². The first-order chi connectivity index (χ1) is 8.79. The van der Waals surface area contributed by atoms with Crippen LogP contribution in [0, 0.1) is 6.92 Å². The van der Waals surface area contributed by atoms with Crippen molar-refractivity contribution in [1.29, 1.82) is 0 Å². The molecule has 2 rings (SSSR count). The van der Waals surface area contributed by atoms with Crippen molar-refractivity contribution in [2.75, 3.05) is 13.7 Å². The Morgan fingerprint density at radius 2 is 2.22 bits per heavy atom. The first kappa shape index (κ1) is 12.5. The first-order valence-corrected chi connectivity index (χ1v) is 6.03. The van der Waals surface area contributed by atoms with E-state index in [-0.39, 0.29) is 0 Å². The molecule has 0 atom stereocenters. The second-order valence-corrected chi connectivity index (χ2v) is 4.13. The molecule has 0 radical (unpaired) electrons. The van der Waals surface area contributed by atoms with E-state index in [9.17, 15) is 0 Å². The number of hydrogen-bond donors (Lipinski definition) is 0. The molecule has 4 heteroatoms.